The van der Waals surface area contributed by atoms with Crippen LogP contribution in [0.4, 0.5) is 0 Å². The SMILES string of the molecule is CCN1CCN(CC)CCN(CC(=O)NCCCOCCOCCOCCCNC)CCN(CC)CC1. The maximum Gasteiger partial charge on any atom is 0.234 e. The van der Waals surface area contributed by atoms with Gasteiger partial charge >= 0.3 is 0 Å². The van der Waals surface area contributed by atoms with Gasteiger partial charge in [-0.3, -0.25) is 9.69 Å². The van der Waals surface area contributed by atoms with Gasteiger partial charge in [0.25, 0.3) is 0 Å². The predicted octanol–water partition coefficient (Wildman–Crippen LogP) is 0.433. The van der Waals surface area contributed by atoms with E-state index in [1.807, 2.05) is 7.05 Å². The molecule has 1 heterocycles. The second kappa shape index (κ2) is 24.2. The standard InChI is InChI=1S/C27H58N6O4/c1-5-30-12-14-31(6-2)16-18-33(19-17-32(7-3)15-13-30)26-27(34)29-11-9-21-36-23-25-37-24-22-35-20-8-10-28-4/h28H,5-26H2,1-4H3,(H,29,34). The Morgan fingerprint density at radius 2 is 0.973 bits per heavy atom. The van der Waals surface area contributed by atoms with E-state index in [1.165, 1.54) is 0 Å². The predicted molar refractivity (Wildman–Crippen MR) is 151 cm³/mol. The molecule has 0 aromatic carbocycles. The van der Waals surface area contributed by atoms with Crippen LogP contribution >= 0.6 is 0 Å². The first kappa shape index (κ1) is 34.2. The quantitative estimate of drug-likeness (QED) is 0.231. The summed E-state index contributed by atoms with van der Waals surface area (Å²) in [5.41, 5.74) is 0. The van der Waals surface area contributed by atoms with Crippen molar-refractivity contribution in [1.82, 2.24) is 30.2 Å². The molecule has 37 heavy (non-hydrogen) atoms. The summed E-state index contributed by atoms with van der Waals surface area (Å²) in [5.74, 6) is 0.105. The van der Waals surface area contributed by atoms with Crippen molar-refractivity contribution >= 4 is 5.91 Å². The Bertz CT molecular complexity index is 511. The van der Waals surface area contributed by atoms with Crippen molar-refractivity contribution < 1.29 is 19.0 Å². The fourth-order valence-electron chi connectivity index (χ4n) is 4.24. The molecule has 1 saturated heterocycles. The number of ether oxygens (including phenoxy) is 3. The smallest absolute Gasteiger partial charge is 0.234 e. The maximum absolute atomic E-state index is 12.6. The Labute approximate surface area is 227 Å². The van der Waals surface area contributed by atoms with Crippen molar-refractivity contribution in [2.45, 2.75) is 33.6 Å². The van der Waals surface area contributed by atoms with E-state index in [0.717, 1.165) is 98.0 Å². The highest BCUT2D eigenvalue weighted by molar-refractivity contribution is 5.77. The van der Waals surface area contributed by atoms with E-state index in [2.05, 4.69) is 51.0 Å². The summed E-state index contributed by atoms with van der Waals surface area (Å²) in [6.07, 6.45) is 1.82. The van der Waals surface area contributed by atoms with Gasteiger partial charge in [0.1, 0.15) is 0 Å². The average Bonchev–Trinajstić information content (AvgIpc) is 2.90. The van der Waals surface area contributed by atoms with Crippen molar-refractivity contribution in [3.8, 4) is 0 Å². The molecule has 0 radical (unpaired) electrons. The molecule has 1 fully saturated rings. The zero-order valence-corrected chi connectivity index (χ0v) is 24.5. The molecule has 10 nitrogen and oxygen atoms in total. The van der Waals surface area contributed by atoms with Crippen molar-refractivity contribution in [1.29, 1.82) is 0 Å². The highest BCUT2D eigenvalue weighted by Gasteiger charge is 2.16. The number of carbonyl (C=O) groups excluding carboxylic acids is 1. The third-order valence-corrected chi connectivity index (χ3v) is 6.89. The monoisotopic (exact) mass is 530 g/mol. The van der Waals surface area contributed by atoms with Gasteiger partial charge in [0.2, 0.25) is 5.91 Å². The molecule has 0 unspecified atom stereocenters. The van der Waals surface area contributed by atoms with Gasteiger partial charge in [-0.05, 0) is 46.1 Å². The molecule has 1 amide bonds. The number of nitrogens with one attached hydrogen (secondary N) is 2. The molecule has 1 aliphatic heterocycles. The molecule has 0 atom stereocenters. The van der Waals surface area contributed by atoms with Gasteiger partial charge in [0.15, 0.2) is 0 Å². The minimum atomic E-state index is 0.105. The first-order valence-electron chi connectivity index (χ1n) is 14.7. The van der Waals surface area contributed by atoms with Crippen molar-refractivity contribution in [3.05, 3.63) is 0 Å². The third-order valence-electron chi connectivity index (χ3n) is 6.89. The number of hydrogen-bond acceptors (Lipinski definition) is 9. The lowest BCUT2D eigenvalue weighted by Crippen LogP contribution is -2.48. The molecule has 0 bridgehead atoms. The molecule has 0 aliphatic carbocycles. The molecule has 1 rings (SSSR count). The summed E-state index contributed by atoms with van der Waals surface area (Å²) in [5, 5.41) is 6.17. The zero-order chi connectivity index (χ0) is 27.0. The van der Waals surface area contributed by atoms with E-state index in [1.54, 1.807) is 0 Å². The summed E-state index contributed by atoms with van der Waals surface area (Å²) in [6, 6.07) is 0. The van der Waals surface area contributed by atoms with Gasteiger partial charge in [0, 0.05) is 72.1 Å². The molecular weight excluding hydrogens is 472 g/mol. The van der Waals surface area contributed by atoms with Crippen molar-refractivity contribution in [2.75, 3.05) is 138 Å². The normalized spacial score (nSPS) is 17.9. The highest BCUT2D eigenvalue weighted by Crippen LogP contribution is 2.00. The van der Waals surface area contributed by atoms with Crippen LogP contribution in [0.3, 0.4) is 0 Å². The lowest BCUT2D eigenvalue weighted by atomic mass is 10.3. The summed E-state index contributed by atoms with van der Waals surface area (Å²) in [6.45, 7) is 24.0. The molecule has 220 valence electrons. The van der Waals surface area contributed by atoms with Crippen LogP contribution < -0.4 is 10.6 Å². The number of carbonyl (C=O) groups is 1. The second-order valence-corrected chi connectivity index (χ2v) is 9.58. The van der Waals surface area contributed by atoms with Gasteiger partial charge in [-0.2, -0.15) is 0 Å². The minimum Gasteiger partial charge on any atom is -0.379 e. The van der Waals surface area contributed by atoms with Gasteiger partial charge in [-0.25, -0.2) is 0 Å². The van der Waals surface area contributed by atoms with E-state index in [4.69, 9.17) is 14.2 Å². The van der Waals surface area contributed by atoms with Crippen LogP contribution in [0.15, 0.2) is 0 Å². The number of nitrogens with zero attached hydrogens (tertiary/aromatic N) is 4. The van der Waals surface area contributed by atoms with Crippen LogP contribution in [0.25, 0.3) is 0 Å². The van der Waals surface area contributed by atoms with E-state index in [9.17, 15) is 4.79 Å². The Kier molecular flexibility index (Phi) is 22.4. The molecule has 0 aromatic heterocycles. The highest BCUT2D eigenvalue weighted by atomic mass is 16.5. The van der Waals surface area contributed by atoms with E-state index < -0.39 is 0 Å². The average molecular weight is 531 g/mol. The third kappa shape index (κ3) is 18.9. The van der Waals surface area contributed by atoms with Gasteiger partial charge in [-0.15, -0.1) is 0 Å². The van der Waals surface area contributed by atoms with Gasteiger partial charge in [0.05, 0.1) is 33.0 Å². The molecule has 1 aliphatic rings. The van der Waals surface area contributed by atoms with Crippen LogP contribution in [0.2, 0.25) is 0 Å². The van der Waals surface area contributed by atoms with Crippen LogP contribution in [-0.2, 0) is 19.0 Å². The lowest BCUT2D eigenvalue weighted by molar-refractivity contribution is -0.122. The van der Waals surface area contributed by atoms with E-state index in [-0.39, 0.29) is 5.91 Å². The molecule has 2 N–H and O–H groups in total. The number of likely N-dealkylation sites (N-methyl/N-ethyl adjacent to an activating group) is 3. The maximum atomic E-state index is 12.6. The topological polar surface area (TPSA) is 81.8 Å². The summed E-state index contributed by atoms with van der Waals surface area (Å²) >= 11 is 0. The fourth-order valence-corrected chi connectivity index (χ4v) is 4.24. The van der Waals surface area contributed by atoms with Crippen LogP contribution in [0.5, 0.6) is 0 Å². The summed E-state index contributed by atoms with van der Waals surface area (Å²) in [7, 11) is 1.94. The summed E-state index contributed by atoms with van der Waals surface area (Å²) in [4.78, 5) is 22.5. The first-order valence-corrected chi connectivity index (χ1v) is 14.7. The molecular formula is C27H58N6O4. The molecule has 10 heteroatoms. The first-order chi connectivity index (χ1) is 18.1. The second-order valence-electron chi connectivity index (χ2n) is 9.58. The number of rotatable bonds is 19. The molecule has 0 spiro atoms. The Morgan fingerprint density at radius 1 is 0.595 bits per heavy atom. The van der Waals surface area contributed by atoms with Gasteiger partial charge < -0.3 is 39.5 Å². The number of amides is 1. The van der Waals surface area contributed by atoms with Crippen molar-refractivity contribution in [2.24, 2.45) is 0 Å². The van der Waals surface area contributed by atoms with Crippen LogP contribution in [0.1, 0.15) is 33.6 Å². The summed E-state index contributed by atoms with van der Waals surface area (Å²) < 4.78 is 16.6. The molecule has 0 aromatic rings. The number of hydrogen-bond donors (Lipinski definition) is 2. The zero-order valence-electron chi connectivity index (χ0n) is 24.5. The minimum absolute atomic E-state index is 0.105. The van der Waals surface area contributed by atoms with Crippen molar-refractivity contribution in [3.63, 3.8) is 0 Å². The van der Waals surface area contributed by atoms with Crippen LogP contribution in [0, 0.1) is 0 Å². The van der Waals surface area contributed by atoms with Crippen LogP contribution in [-0.4, -0.2) is 164 Å². The van der Waals surface area contributed by atoms with E-state index in [0.29, 0.717) is 46.1 Å². The Hall–Kier alpha value is -0.850. The molecule has 0 saturated carbocycles. The van der Waals surface area contributed by atoms with Gasteiger partial charge in [-0.1, -0.05) is 20.8 Å². The fraction of sp³-hybridized carbons (Fsp3) is 0.963. The Balaban J connectivity index is 2.19. The lowest BCUT2D eigenvalue weighted by Gasteiger charge is -2.33. The largest absolute Gasteiger partial charge is 0.379 e. The Morgan fingerprint density at radius 3 is 1.38 bits per heavy atom. The van der Waals surface area contributed by atoms with E-state index >= 15 is 0 Å².